The highest BCUT2D eigenvalue weighted by Gasteiger charge is 2.39. The van der Waals surface area contributed by atoms with Crippen molar-refractivity contribution < 1.29 is 44.9 Å². The van der Waals surface area contributed by atoms with Gasteiger partial charge < -0.3 is 14.2 Å². The van der Waals surface area contributed by atoms with Gasteiger partial charge in [-0.1, -0.05) is 12.1 Å². The van der Waals surface area contributed by atoms with E-state index in [4.69, 9.17) is 14.2 Å². The molecule has 0 spiro atoms. The number of alkyl halides is 6. The highest BCUT2D eigenvalue weighted by Crippen LogP contribution is 2.39. The molecule has 0 saturated carbocycles. The minimum atomic E-state index is -5.00. The number of rotatable bonds is 7. The molecule has 1 saturated heterocycles. The normalized spacial score (nSPS) is 19.9. The fraction of sp³-hybridized carbons (Fsp3) is 0.417. The monoisotopic (exact) mass is 548 g/mol. The number of aromatic amines is 1. The molecule has 1 aromatic heterocycles. The topological polar surface area (TPSA) is 72.5 Å². The molecule has 1 fully saturated rings. The summed E-state index contributed by atoms with van der Waals surface area (Å²) in [7, 11) is 1.40. The Morgan fingerprint density at radius 3 is 2.24 bits per heavy atom. The third-order valence-electron chi connectivity index (χ3n) is 5.99. The molecule has 1 aliphatic rings. The van der Waals surface area contributed by atoms with Crippen LogP contribution in [0.25, 0.3) is 0 Å². The van der Waals surface area contributed by atoms with Crippen molar-refractivity contribution in [3.63, 3.8) is 0 Å². The molecule has 206 valence electrons. The summed E-state index contributed by atoms with van der Waals surface area (Å²) in [5, 5.41) is 6.62. The zero-order valence-corrected chi connectivity index (χ0v) is 20.1. The number of halogens is 7. The highest BCUT2D eigenvalue weighted by molar-refractivity contribution is 5.34. The van der Waals surface area contributed by atoms with Crippen molar-refractivity contribution in [1.29, 1.82) is 0 Å². The summed E-state index contributed by atoms with van der Waals surface area (Å²) in [6, 6.07) is 6.13. The molecule has 0 aliphatic carbocycles. The molecule has 4 rings (SSSR count). The van der Waals surface area contributed by atoms with Gasteiger partial charge >= 0.3 is 18.4 Å². The maximum atomic E-state index is 13.6. The average molecular weight is 548 g/mol. The Hall–Kier alpha value is -3.23. The Labute approximate surface area is 212 Å². The highest BCUT2D eigenvalue weighted by atomic mass is 19.4. The minimum absolute atomic E-state index is 0.0576. The second kappa shape index (κ2) is 10.9. The Bertz CT molecular complexity index is 1200. The van der Waals surface area contributed by atoms with E-state index in [1.807, 2.05) is 4.90 Å². The number of nitrogens with zero attached hydrogens (tertiary/aromatic N) is 3. The first kappa shape index (κ1) is 27.8. The molecular formula is C24H23F7N4O3. The maximum absolute atomic E-state index is 13.6. The van der Waals surface area contributed by atoms with Crippen molar-refractivity contribution in [2.75, 3.05) is 20.3 Å². The van der Waals surface area contributed by atoms with Crippen molar-refractivity contribution in [3.8, 4) is 6.01 Å². The van der Waals surface area contributed by atoms with Gasteiger partial charge in [-0.05, 0) is 48.4 Å². The predicted octanol–water partition coefficient (Wildman–Crippen LogP) is 5.67. The summed E-state index contributed by atoms with van der Waals surface area (Å²) in [5.41, 5.74) is -2.67. The van der Waals surface area contributed by atoms with Crippen LogP contribution in [-0.2, 0) is 28.4 Å². The van der Waals surface area contributed by atoms with Crippen molar-refractivity contribution in [3.05, 3.63) is 76.4 Å². The lowest BCUT2D eigenvalue weighted by Crippen LogP contribution is -2.46. The van der Waals surface area contributed by atoms with Crippen LogP contribution in [0.3, 0.4) is 0 Å². The second-order valence-corrected chi connectivity index (χ2v) is 8.59. The van der Waals surface area contributed by atoms with E-state index in [9.17, 15) is 30.7 Å². The number of benzene rings is 2. The first-order valence-corrected chi connectivity index (χ1v) is 11.4. The summed E-state index contributed by atoms with van der Waals surface area (Å²) >= 11 is 0. The smallest absolute Gasteiger partial charge is 0.416 e. The minimum Gasteiger partial charge on any atom is -0.466 e. The van der Waals surface area contributed by atoms with Gasteiger partial charge in [-0.2, -0.15) is 31.3 Å². The van der Waals surface area contributed by atoms with E-state index in [2.05, 4.69) is 15.2 Å². The first-order valence-electron chi connectivity index (χ1n) is 11.4. The molecule has 2 aromatic carbocycles. The Morgan fingerprint density at radius 1 is 1.05 bits per heavy atom. The number of aromatic nitrogens is 3. The van der Waals surface area contributed by atoms with Gasteiger partial charge in [0, 0.05) is 6.54 Å². The zero-order valence-electron chi connectivity index (χ0n) is 20.1. The van der Waals surface area contributed by atoms with Crippen molar-refractivity contribution >= 4 is 0 Å². The van der Waals surface area contributed by atoms with Gasteiger partial charge in [0.1, 0.15) is 11.6 Å². The van der Waals surface area contributed by atoms with Crippen molar-refractivity contribution in [1.82, 2.24) is 20.1 Å². The number of H-pyrrole nitrogens is 1. The molecule has 0 amide bonds. The van der Waals surface area contributed by atoms with Crippen LogP contribution in [-0.4, -0.2) is 46.6 Å². The summed E-state index contributed by atoms with van der Waals surface area (Å²) in [6.45, 7) is 2.02. The number of methoxy groups -OCH3 is 1. The van der Waals surface area contributed by atoms with E-state index < -0.39 is 47.7 Å². The molecule has 38 heavy (non-hydrogen) atoms. The Kier molecular flexibility index (Phi) is 7.95. The van der Waals surface area contributed by atoms with Crippen molar-refractivity contribution in [2.45, 2.75) is 44.3 Å². The molecule has 0 radical (unpaired) electrons. The van der Waals surface area contributed by atoms with Crippen LogP contribution >= 0.6 is 0 Å². The largest absolute Gasteiger partial charge is 0.466 e. The van der Waals surface area contributed by atoms with Gasteiger partial charge in [0.2, 0.25) is 0 Å². The summed E-state index contributed by atoms with van der Waals surface area (Å²) in [5.74, 6) is -0.0677. The van der Waals surface area contributed by atoms with Gasteiger partial charge in [0.05, 0.1) is 43.5 Å². The maximum Gasteiger partial charge on any atom is 0.416 e. The van der Waals surface area contributed by atoms with Crippen LogP contribution in [0.4, 0.5) is 30.7 Å². The van der Waals surface area contributed by atoms with Crippen LogP contribution < -0.4 is 4.74 Å². The molecule has 7 nitrogen and oxygen atoms in total. The number of morpholine rings is 1. The van der Waals surface area contributed by atoms with E-state index in [-0.39, 0.29) is 30.8 Å². The Morgan fingerprint density at radius 2 is 1.68 bits per heavy atom. The number of nitrogens with one attached hydrogen (secondary N) is 1. The second-order valence-electron chi connectivity index (χ2n) is 8.59. The number of hydrogen-bond acceptors (Lipinski definition) is 6. The molecule has 3 atom stereocenters. The lowest BCUT2D eigenvalue weighted by molar-refractivity contribution is -0.231. The first-order chi connectivity index (χ1) is 17.8. The molecule has 14 heteroatoms. The molecule has 1 aliphatic heterocycles. The van der Waals surface area contributed by atoms with Gasteiger partial charge in [-0.15, -0.1) is 5.10 Å². The average Bonchev–Trinajstić information content (AvgIpc) is 3.31. The van der Waals surface area contributed by atoms with E-state index in [1.165, 1.54) is 38.3 Å². The van der Waals surface area contributed by atoms with E-state index in [0.717, 1.165) is 0 Å². The van der Waals surface area contributed by atoms with Crippen LogP contribution in [0, 0.1) is 5.82 Å². The molecule has 1 N–H and O–H groups in total. The van der Waals surface area contributed by atoms with E-state index in [0.29, 0.717) is 30.1 Å². The fourth-order valence-electron chi connectivity index (χ4n) is 4.13. The molecule has 2 heterocycles. The molecule has 0 bridgehead atoms. The van der Waals surface area contributed by atoms with Crippen LogP contribution in [0.5, 0.6) is 6.01 Å². The third kappa shape index (κ3) is 6.42. The summed E-state index contributed by atoms with van der Waals surface area (Å²) < 4.78 is 111. The van der Waals surface area contributed by atoms with Crippen LogP contribution in [0.2, 0.25) is 0 Å². The van der Waals surface area contributed by atoms with Gasteiger partial charge in [0.25, 0.3) is 0 Å². The van der Waals surface area contributed by atoms with Crippen LogP contribution in [0.15, 0.2) is 42.5 Å². The standard InChI is InChI=1S/C24H23F7N4O3/c1-13(15-9-16(23(26,27)28)11-17(10-15)24(29,30)31)38-21-20(14-3-5-18(25)6-4-14)35(7-8-37-21)12-19-32-22(36-2)34-33-19/h3-6,9-11,13,20-21H,7-8,12H2,1-2H3,(H,32,33,34). The molecule has 3 aromatic rings. The predicted molar refractivity (Wildman–Crippen MR) is 118 cm³/mol. The van der Waals surface area contributed by atoms with Crippen molar-refractivity contribution in [2.24, 2.45) is 0 Å². The lowest BCUT2D eigenvalue weighted by atomic mass is 10.0. The lowest BCUT2D eigenvalue weighted by Gasteiger charge is -2.41. The summed E-state index contributed by atoms with van der Waals surface area (Å²) in [6.07, 6.45) is -12.3. The number of hydrogen-bond donors (Lipinski definition) is 1. The zero-order chi connectivity index (χ0) is 27.7. The molecular weight excluding hydrogens is 525 g/mol. The van der Waals surface area contributed by atoms with E-state index in [1.54, 1.807) is 0 Å². The fourth-order valence-corrected chi connectivity index (χ4v) is 4.13. The third-order valence-corrected chi connectivity index (χ3v) is 5.99. The molecule has 3 unspecified atom stereocenters. The quantitative estimate of drug-likeness (QED) is 0.384. The van der Waals surface area contributed by atoms with Gasteiger partial charge in [-0.25, -0.2) is 4.39 Å². The SMILES string of the molecule is COc1n[nH]c(CN2CCOC(OC(C)c3cc(C(F)(F)F)cc(C(F)(F)F)c3)C2c2ccc(F)cc2)n1. The van der Waals surface area contributed by atoms with Gasteiger partial charge in [0.15, 0.2) is 6.29 Å². The van der Waals surface area contributed by atoms with Gasteiger partial charge in [-0.3, -0.25) is 10.00 Å². The van der Waals surface area contributed by atoms with E-state index >= 15 is 0 Å². The Balaban J connectivity index is 1.65. The number of ether oxygens (including phenoxy) is 3. The van der Waals surface area contributed by atoms with Crippen LogP contribution in [0.1, 0.15) is 47.1 Å². The summed E-state index contributed by atoms with van der Waals surface area (Å²) in [4.78, 5) is 6.04.